The lowest BCUT2D eigenvalue weighted by molar-refractivity contribution is 0.0520. The van der Waals surface area contributed by atoms with Crippen LogP contribution in [0.2, 0.25) is 5.02 Å². The van der Waals surface area contributed by atoms with Gasteiger partial charge in [-0.1, -0.05) is 17.7 Å². The third kappa shape index (κ3) is 2.06. The third-order valence-corrected chi connectivity index (χ3v) is 3.14. The van der Waals surface area contributed by atoms with Gasteiger partial charge in [0.1, 0.15) is 5.75 Å². The number of hydrogen-bond acceptors (Lipinski definition) is 4. The van der Waals surface area contributed by atoms with Crippen molar-refractivity contribution in [2.24, 2.45) is 7.05 Å². The highest BCUT2D eigenvalue weighted by molar-refractivity contribution is 6.36. The molecule has 1 heterocycles. The summed E-state index contributed by atoms with van der Waals surface area (Å²) < 4.78 is 6.04. The number of ether oxygens (including phenoxy) is 1. The van der Waals surface area contributed by atoms with Crippen molar-refractivity contribution < 1.29 is 14.6 Å². The van der Waals surface area contributed by atoms with Crippen LogP contribution in [0.4, 0.5) is 0 Å². The second-order valence-electron chi connectivity index (χ2n) is 3.94. The monoisotopic (exact) mass is 281 g/mol. The molecule has 5 nitrogen and oxygen atoms in total. The van der Waals surface area contributed by atoms with Gasteiger partial charge >= 0.3 is 5.97 Å². The second-order valence-corrected chi connectivity index (χ2v) is 4.35. The molecule has 0 fully saturated rings. The summed E-state index contributed by atoms with van der Waals surface area (Å²) in [6.07, 6.45) is 0. The maximum atomic E-state index is 12.1. The number of aromatic nitrogens is 1. The second kappa shape index (κ2) is 4.93. The summed E-state index contributed by atoms with van der Waals surface area (Å²) in [6, 6.07) is 4.87. The van der Waals surface area contributed by atoms with E-state index in [-0.39, 0.29) is 17.0 Å². The highest BCUT2D eigenvalue weighted by Gasteiger charge is 2.23. The number of nitrogens with zero attached hydrogens (tertiary/aromatic N) is 1. The number of esters is 1. The fourth-order valence-electron chi connectivity index (χ4n) is 1.92. The van der Waals surface area contributed by atoms with E-state index in [9.17, 15) is 14.7 Å². The molecule has 1 aromatic heterocycles. The molecule has 0 aliphatic carbocycles. The summed E-state index contributed by atoms with van der Waals surface area (Å²) in [6.45, 7) is 1.73. The summed E-state index contributed by atoms with van der Waals surface area (Å²) in [7, 11) is 1.50. The van der Waals surface area contributed by atoms with Gasteiger partial charge in [0.05, 0.1) is 22.5 Å². The molecule has 2 rings (SSSR count). The van der Waals surface area contributed by atoms with E-state index in [4.69, 9.17) is 16.3 Å². The number of pyridine rings is 1. The smallest absolute Gasteiger partial charge is 0.347 e. The fraction of sp³-hybridized carbons (Fsp3) is 0.231. The number of carbonyl (C=O) groups is 1. The van der Waals surface area contributed by atoms with Crippen molar-refractivity contribution in [1.82, 2.24) is 4.57 Å². The molecule has 0 unspecified atom stereocenters. The molecule has 100 valence electrons. The van der Waals surface area contributed by atoms with Gasteiger partial charge < -0.3 is 14.4 Å². The van der Waals surface area contributed by atoms with Crippen molar-refractivity contribution in [3.63, 3.8) is 0 Å². The highest BCUT2D eigenvalue weighted by Crippen LogP contribution is 2.32. The number of halogens is 1. The van der Waals surface area contributed by atoms with Gasteiger partial charge in [-0.15, -0.1) is 0 Å². The van der Waals surface area contributed by atoms with Crippen molar-refractivity contribution >= 4 is 28.5 Å². The van der Waals surface area contributed by atoms with Crippen LogP contribution in [0, 0.1) is 0 Å². The molecule has 19 heavy (non-hydrogen) atoms. The molecule has 0 saturated carbocycles. The molecular formula is C13H12ClNO4. The Bertz CT molecular complexity index is 721. The lowest BCUT2D eigenvalue weighted by Gasteiger charge is -2.11. The zero-order chi connectivity index (χ0) is 14.2. The summed E-state index contributed by atoms with van der Waals surface area (Å²) >= 11 is 6.01. The Kier molecular flexibility index (Phi) is 3.48. The molecular weight excluding hydrogens is 270 g/mol. The van der Waals surface area contributed by atoms with Gasteiger partial charge in [0, 0.05) is 7.05 Å². The predicted octanol–water partition coefficient (Wildman–Crippen LogP) is 2.07. The largest absolute Gasteiger partial charge is 0.506 e. The Hall–Kier alpha value is -2.01. The SMILES string of the molecule is CCOC(=O)c1c(O)c2c(Cl)cccc2n(C)c1=O. The zero-order valence-corrected chi connectivity index (χ0v) is 11.2. The maximum absolute atomic E-state index is 12.1. The van der Waals surface area contributed by atoms with E-state index in [0.717, 1.165) is 0 Å². The molecule has 0 atom stereocenters. The molecule has 0 aliphatic rings. The number of aromatic hydroxyl groups is 1. The molecule has 0 amide bonds. The van der Waals surface area contributed by atoms with Crippen LogP contribution in [-0.4, -0.2) is 22.2 Å². The Labute approximate surface area is 114 Å². The van der Waals surface area contributed by atoms with Crippen LogP contribution < -0.4 is 5.56 Å². The Balaban J connectivity index is 2.91. The minimum absolute atomic E-state index is 0.113. The Morgan fingerprint density at radius 1 is 1.47 bits per heavy atom. The fourth-order valence-corrected chi connectivity index (χ4v) is 2.18. The van der Waals surface area contributed by atoms with Crippen LogP contribution >= 0.6 is 11.6 Å². The van der Waals surface area contributed by atoms with Gasteiger partial charge in [-0.25, -0.2) is 4.79 Å². The maximum Gasteiger partial charge on any atom is 0.347 e. The van der Waals surface area contributed by atoms with E-state index in [1.807, 2.05) is 0 Å². The van der Waals surface area contributed by atoms with E-state index in [0.29, 0.717) is 5.52 Å². The quantitative estimate of drug-likeness (QED) is 0.856. The number of hydrogen-bond donors (Lipinski definition) is 1. The summed E-state index contributed by atoms with van der Waals surface area (Å²) in [5, 5.41) is 10.7. The number of aryl methyl sites for hydroxylation is 1. The minimum atomic E-state index is -0.859. The van der Waals surface area contributed by atoms with Gasteiger partial charge in [-0.2, -0.15) is 0 Å². The van der Waals surface area contributed by atoms with Crippen LogP contribution in [0.3, 0.4) is 0 Å². The van der Waals surface area contributed by atoms with Crippen LogP contribution in [0.1, 0.15) is 17.3 Å². The van der Waals surface area contributed by atoms with Crippen LogP contribution in [0.5, 0.6) is 5.75 Å². The van der Waals surface area contributed by atoms with Crippen molar-refractivity contribution in [3.05, 3.63) is 39.1 Å². The standard InChI is InChI=1S/C13H12ClNO4/c1-3-19-13(18)10-11(16)9-7(14)5-4-6-8(9)15(2)12(10)17/h4-6,16H,3H2,1-2H3. The normalized spacial score (nSPS) is 10.7. The number of rotatable bonds is 2. The Morgan fingerprint density at radius 3 is 2.79 bits per heavy atom. The first-order chi connectivity index (χ1) is 8.99. The molecule has 0 spiro atoms. The number of benzene rings is 1. The molecule has 6 heteroatoms. The first kappa shape index (κ1) is 13.4. The van der Waals surface area contributed by atoms with E-state index in [2.05, 4.69) is 0 Å². The van der Waals surface area contributed by atoms with Gasteiger partial charge in [0.25, 0.3) is 5.56 Å². The van der Waals surface area contributed by atoms with E-state index in [1.54, 1.807) is 25.1 Å². The van der Waals surface area contributed by atoms with Gasteiger partial charge in [0.15, 0.2) is 5.56 Å². The van der Waals surface area contributed by atoms with Gasteiger partial charge in [0.2, 0.25) is 0 Å². The summed E-state index contributed by atoms with van der Waals surface area (Å²) in [5.74, 6) is -1.30. The molecule has 0 saturated heterocycles. The van der Waals surface area contributed by atoms with Crippen LogP contribution in [0.25, 0.3) is 10.9 Å². The lowest BCUT2D eigenvalue weighted by atomic mass is 10.1. The Morgan fingerprint density at radius 2 is 2.16 bits per heavy atom. The lowest BCUT2D eigenvalue weighted by Crippen LogP contribution is -2.26. The van der Waals surface area contributed by atoms with E-state index in [1.165, 1.54) is 11.6 Å². The van der Waals surface area contributed by atoms with Gasteiger partial charge in [-0.3, -0.25) is 4.79 Å². The van der Waals surface area contributed by atoms with Crippen molar-refractivity contribution in [2.45, 2.75) is 6.92 Å². The molecule has 1 aromatic carbocycles. The summed E-state index contributed by atoms with van der Waals surface area (Å²) in [4.78, 5) is 23.8. The van der Waals surface area contributed by atoms with Crippen LogP contribution in [-0.2, 0) is 11.8 Å². The molecule has 1 N–H and O–H groups in total. The molecule has 0 radical (unpaired) electrons. The molecule has 2 aromatic rings. The predicted molar refractivity (Wildman–Crippen MR) is 71.8 cm³/mol. The number of fused-ring (bicyclic) bond motifs is 1. The highest BCUT2D eigenvalue weighted by atomic mass is 35.5. The van der Waals surface area contributed by atoms with Crippen LogP contribution in [0.15, 0.2) is 23.0 Å². The average molecular weight is 282 g/mol. The van der Waals surface area contributed by atoms with Crippen molar-refractivity contribution in [2.75, 3.05) is 6.61 Å². The van der Waals surface area contributed by atoms with Crippen molar-refractivity contribution in [3.8, 4) is 5.75 Å². The van der Waals surface area contributed by atoms with Gasteiger partial charge in [-0.05, 0) is 19.1 Å². The number of carbonyl (C=O) groups excluding carboxylic acids is 1. The minimum Gasteiger partial charge on any atom is -0.506 e. The first-order valence-corrected chi connectivity index (χ1v) is 6.04. The van der Waals surface area contributed by atoms with Crippen molar-refractivity contribution in [1.29, 1.82) is 0 Å². The van der Waals surface area contributed by atoms with E-state index < -0.39 is 22.8 Å². The topological polar surface area (TPSA) is 68.5 Å². The van der Waals surface area contributed by atoms with E-state index >= 15 is 0 Å². The third-order valence-electron chi connectivity index (χ3n) is 2.82. The molecule has 0 aliphatic heterocycles. The zero-order valence-electron chi connectivity index (χ0n) is 10.4. The first-order valence-electron chi connectivity index (χ1n) is 5.66. The molecule has 0 bridgehead atoms. The average Bonchev–Trinajstić information content (AvgIpc) is 2.36. The summed E-state index contributed by atoms with van der Waals surface area (Å²) in [5.41, 5.74) is -0.571.